The summed E-state index contributed by atoms with van der Waals surface area (Å²) in [6.07, 6.45) is 7.37. The second kappa shape index (κ2) is 12.5. The van der Waals surface area contributed by atoms with Crippen LogP contribution in [0.5, 0.6) is 5.75 Å². The number of carbonyl (C=O) groups excluding carboxylic acids is 1. The molecule has 38 heavy (non-hydrogen) atoms. The average molecular weight is 540 g/mol. The fourth-order valence-corrected chi connectivity index (χ4v) is 5.86. The van der Waals surface area contributed by atoms with Crippen LogP contribution in [0.15, 0.2) is 24.3 Å². The molecular formula is C29H38ClN5O3. The number of unbranched alkanes of at least 4 members (excludes halogenated alkanes) is 1. The van der Waals surface area contributed by atoms with Crippen molar-refractivity contribution in [2.24, 2.45) is 0 Å². The van der Waals surface area contributed by atoms with E-state index in [9.17, 15) is 4.79 Å². The van der Waals surface area contributed by atoms with Gasteiger partial charge in [0.25, 0.3) is 5.91 Å². The molecule has 0 atom stereocenters. The van der Waals surface area contributed by atoms with Crippen LogP contribution in [-0.2, 0) is 17.6 Å². The fourth-order valence-electron chi connectivity index (χ4n) is 5.59. The molecule has 0 spiro atoms. The van der Waals surface area contributed by atoms with E-state index in [0.717, 1.165) is 94.3 Å². The number of amides is 1. The number of nitrogens with one attached hydrogen (secondary N) is 1. The Bertz CT molecular complexity index is 1170. The monoisotopic (exact) mass is 539 g/mol. The van der Waals surface area contributed by atoms with Crippen molar-refractivity contribution in [3.8, 4) is 5.75 Å². The van der Waals surface area contributed by atoms with Crippen molar-refractivity contribution in [1.29, 1.82) is 0 Å². The Morgan fingerprint density at radius 3 is 2.71 bits per heavy atom. The second-order valence-corrected chi connectivity index (χ2v) is 10.6. The summed E-state index contributed by atoms with van der Waals surface area (Å²) in [4.78, 5) is 27.5. The summed E-state index contributed by atoms with van der Waals surface area (Å²) >= 11 is 6.46. The zero-order chi connectivity index (χ0) is 26.5. The molecule has 1 aliphatic carbocycles. The molecule has 0 radical (unpaired) electrons. The lowest BCUT2D eigenvalue weighted by Gasteiger charge is -2.40. The molecule has 2 aliphatic heterocycles. The van der Waals surface area contributed by atoms with Gasteiger partial charge in [0.2, 0.25) is 0 Å². The van der Waals surface area contributed by atoms with E-state index in [1.807, 2.05) is 29.2 Å². The summed E-state index contributed by atoms with van der Waals surface area (Å²) in [5.41, 5.74) is 3.47. The molecule has 0 saturated carbocycles. The number of piperidine rings is 1. The van der Waals surface area contributed by atoms with Gasteiger partial charge in [0.05, 0.1) is 31.6 Å². The number of aromatic nitrogens is 2. The van der Waals surface area contributed by atoms with Crippen molar-refractivity contribution in [2.45, 2.75) is 51.5 Å². The standard InChI is InChI=1S/C29H38ClN5O3/c1-3-4-11-31-28-27-23(30)7-8-24(27)32-26(33-28)19-20-5-6-21(18-25(20)37-2)29(36)35-12-9-22(10-13-35)34-14-16-38-17-15-34/h5-7,18,22H,3-4,8-17,19H2,1-2H3,(H,31,32,33). The first-order chi connectivity index (χ1) is 18.6. The molecule has 5 rings (SSSR count). The Kier molecular flexibility index (Phi) is 8.82. The number of morpholine rings is 1. The highest BCUT2D eigenvalue weighted by molar-refractivity contribution is 6.49. The minimum atomic E-state index is 0.0622. The number of carbonyl (C=O) groups is 1. The fraction of sp³-hybridized carbons (Fsp3) is 0.552. The zero-order valence-corrected chi connectivity index (χ0v) is 23.2. The number of hydrogen-bond acceptors (Lipinski definition) is 7. The molecule has 1 aromatic carbocycles. The van der Waals surface area contributed by atoms with E-state index in [1.54, 1.807) is 7.11 Å². The number of ether oxygens (including phenoxy) is 2. The molecule has 8 nitrogen and oxygen atoms in total. The highest BCUT2D eigenvalue weighted by Gasteiger charge is 2.29. The number of benzene rings is 1. The maximum absolute atomic E-state index is 13.3. The average Bonchev–Trinajstić information content (AvgIpc) is 3.34. The summed E-state index contributed by atoms with van der Waals surface area (Å²) in [6.45, 7) is 8.16. The van der Waals surface area contributed by atoms with Gasteiger partial charge in [-0.2, -0.15) is 0 Å². The van der Waals surface area contributed by atoms with Crippen LogP contribution in [-0.4, -0.2) is 84.8 Å². The number of anilines is 1. The van der Waals surface area contributed by atoms with E-state index in [4.69, 9.17) is 31.0 Å². The first-order valence-electron chi connectivity index (χ1n) is 13.8. The third-order valence-corrected chi connectivity index (χ3v) is 8.11. The molecule has 1 aromatic heterocycles. The number of rotatable bonds is 9. The van der Waals surface area contributed by atoms with Gasteiger partial charge in [0, 0.05) is 67.8 Å². The van der Waals surface area contributed by atoms with Gasteiger partial charge in [-0.15, -0.1) is 0 Å². The number of fused-ring (bicyclic) bond motifs is 1. The minimum absolute atomic E-state index is 0.0622. The number of nitrogens with zero attached hydrogens (tertiary/aromatic N) is 4. The van der Waals surface area contributed by atoms with E-state index in [-0.39, 0.29) is 5.91 Å². The summed E-state index contributed by atoms with van der Waals surface area (Å²) in [7, 11) is 1.64. The largest absolute Gasteiger partial charge is 0.496 e. The van der Waals surface area contributed by atoms with Crippen LogP contribution in [0.25, 0.3) is 5.03 Å². The van der Waals surface area contributed by atoms with Crippen LogP contribution in [0, 0.1) is 0 Å². The van der Waals surface area contributed by atoms with E-state index in [2.05, 4.69) is 17.1 Å². The van der Waals surface area contributed by atoms with Gasteiger partial charge in [-0.05, 0) is 31.4 Å². The topological polar surface area (TPSA) is 79.8 Å². The van der Waals surface area contributed by atoms with E-state index in [0.29, 0.717) is 41.1 Å². The van der Waals surface area contributed by atoms with Gasteiger partial charge in [-0.3, -0.25) is 9.69 Å². The molecule has 9 heteroatoms. The SMILES string of the molecule is CCCCNc1nc(Cc2ccc(C(=O)N3CCC(N4CCOCC4)CC3)cc2OC)nc2c1C(Cl)=CC2. The van der Waals surface area contributed by atoms with E-state index >= 15 is 0 Å². The second-order valence-electron chi connectivity index (χ2n) is 10.2. The van der Waals surface area contributed by atoms with Crippen LogP contribution in [0.3, 0.4) is 0 Å². The van der Waals surface area contributed by atoms with Crippen molar-refractivity contribution >= 4 is 28.4 Å². The van der Waals surface area contributed by atoms with Crippen LogP contribution in [0.4, 0.5) is 5.82 Å². The third-order valence-electron chi connectivity index (χ3n) is 7.76. The van der Waals surface area contributed by atoms with Crippen LogP contribution in [0.1, 0.15) is 65.6 Å². The Hall–Kier alpha value is -2.68. The summed E-state index contributed by atoms with van der Waals surface area (Å²) in [5.74, 6) is 2.25. The Balaban J connectivity index is 1.27. The molecule has 0 bridgehead atoms. The Labute approximate surface area is 230 Å². The van der Waals surface area contributed by atoms with Gasteiger partial charge >= 0.3 is 0 Å². The normalized spacial score (nSPS) is 18.3. The third kappa shape index (κ3) is 5.98. The number of methoxy groups -OCH3 is 1. The van der Waals surface area contributed by atoms with E-state index < -0.39 is 0 Å². The van der Waals surface area contributed by atoms with Crippen molar-refractivity contribution < 1.29 is 14.3 Å². The van der Waals surface area contributed by atoms with Crippen LogP contribution >= 0.6 is 11.6 Å². The Morgan fingerprint density at radius 2 is 1.97 bits per heavy atom. The van der Waals surface area contributed by atoms with Crippen molar-refractivity contribution in [1.82, 2.24) is 19.8 Å². The van der Waals surface area contributed by atoms with Gasteiger partial charge in [-0.1, -0.05) is 37.1 Å². The van der Waals surface area contributed by atoms with Crippen molar-refractivity contribution in [3.05, 3.63) is 52.5 Å². The summed E-state index contributed by atoms with van der Waals surface area (Å²) < 4.78 is 11.2. The van der Waals surface area contributed by atoms with Crippen LogP contribution in [0.2, 0.25) is 0 Å². The molecule has 2 fully saturated rings. The van der Waals surface area contributed by atoms with Crippen LogP contribution < -0.4 is 10.1 Å². The molecule has 3 aliphatic rings. The lowest BCUT2D eigenvalue weighted by Crippen LogP contribution is -2.50. The smallest absolute Gasteiger partial charge is 0.253 e. The molecule has 1 amide bonds. The summed E-state index contributed by atoms with van der Waals surface area (Å²) in [6, 6.07) is 6.27. The lowest BCUT2D eigenvalue weighted by atomic mass is 10.0. The van der Waals surface area contributed by atoms with Crippen molar-refractivity contribution in [3.63, 3.8) is 0 Å². The van der Waals surface area contributed by atoms with Gasteiger partial charge in [0.1, 0.15) is 17.4 Å². The maximum atomic E-state index is 13.3. The molecule has 204 valence electrons. The lowest BCUT2D eigenvalue weighted by molar-refractivity contribution is 0.00158. The zero-order valence-electron chi connectivity index (χ0n) is 22.5. The highest BCUT2D eigenvalue weighted by atomic mass is 35.5. The first kappa shape index (κ1) is 26.9. The van der Waals surface area contributed by atoms with Gasteiger partial charge in [0.15, 0.2) is 0 Å². The number of likely N-dealkylation sites (tertiary alicyclic amines) is 1. The number of halogens is 1. The first-order valence-corrected chi connectivity index (χ1v) is 14.2. The minimum Gasteiger partial charge on any atom is -0.496 e. The molecular weight excluding hydrogens is 502 g/mol. The molecule has 2 saturated heterocycles. The highest BCUT2D eigenvalue weighted by Crippen LogP contribution is 2.35. The number of allylic oxidation sites excluding steroid dienone is 1. The predicted molar refractivity (Wildman–Crippen MR) is 150 cm³/mol. The maximum Gasteiger partial charge on any atom is 0.253 e. The van der Waals surface area contributed by atoms with Gasteiger partial charge < -0.3 is 19.7 Å². The molecule has 1 N–H and O–H groups in total. The quantitative estimate of drug-likeness (QED) is 0.474. The molecule has 3 heterocycles. The Morgan fingerprint density at radius 1 is 1.18 bits per heavy atom. The molecule has 2 aromatic rings. The van der Waals surface area contributed by atoms with Crippen molar-refractivity contribution in [2.75, 3.05) is 58.4 Å². The van der Waals surface area contributed by atoms with E-state index in [1.165, 1.54) is 0 Å². The predicted octanol–water partition coefficient (Wildman–Crippen LogP) is 4.36. The van der Waals surface area contributed by atoms with Gasteiger partial charge in [-0.25, -0.2) is 9.97 Å². The summed E-state index contributed by atoms with van der Waals surface area (Å²) in [5, 5.41) is 4.16. The number of hydrogen-bond donors (Lipinski definition) is 1. The molecule has 0 unspecified atom stereocenters.